The second-order valence-electron chi connectivity index (χ2n) is 5.57. The molecule has 0 bridgehead atoms. The molecular formula is C19H14F6O5. The van der Waals surface area contributed by atoms with Gasteiger partial charge in [0.2, 0.25) is 0 Å². The van der Waals surface area contributed by atoms with Crippen LogP contribution in [0, 0.1) is 0 Å². The molecule has 2 rings (SSSR count). The number of alkyl halides is 6. The third-order valence-corrected chi connectivity index (χ3v) is 3.51. The van der Waals surface area contributed by atoms with Gasteiger partial charge in [0, 0.05) is 0 Å². The van der Waals surface area contributed by atoms with E-state index in [1.165, 1.54) is 38.5 Å². The predicted molar refractivity (Wildman–Crippen MR) is 92.7 cm³/mol. The lowest BCUT2D eigenvalue weighted by atomic mass is 10.1. The number of methoxy groups -OCH3 is 2. The lowest BCUT2D eigenvalue weighted by Crippen LogP contribution is -2.20. The Morgan fingerprint density at radius 2 is 1.40 bits per heavy atom. The van der Waals surface area contributed by atoms with Crippen molar-refractivity contribution >= 4 is 11.9 Å². The summed E-state index contributed by atoms with van der Waals surface area (Å²) in [6.07, 6.45) is -8.15. The first-order valence-electron chi connectivity index (χ1n) is 8.02. The summed E-state index contributed by atoms with van der Waals surface area (Å²) in [4.78, 5) is 12.4. The molecule has 0 saturated heterocycles. The monoisotopic (exact) mass is 436 g/mol. The fraction of sp³-hybridized carbons (Fsp3) is 0.211. The molecule has 0 aromatic heterocycles. The van der Waals surface area contributed by atoms with E-state index >= 15 is 0 Å². The van der Waals surface area contributed by atoms with Crippen LogP contribution in [0.25, 0.3) is 6.08 Å². The molecule has 2 aromatic rings. The number of carbonyl (C=O) groups excluding carboxylic acids is 1. The van der Waals surface area contributed by atoms with Crippen LogP contribution in [0.3, 0.4) is 0 Å². The van der Waals surface area contributed by atoms with E-state index in [0.29, 0.717) is 35.3 Å². The molecule has 0 heterocycles. The maximum absolute atomic E-state index is 12.6. The van der Waals surface area contributed by atoms with Gasteiger partial charge in [-0.2, -0.15) is 0 Å². The molecule has 162 valence electrons. The fourth-order valence-corrected chi connectivity index (χ4v) is 2.33. The molecule has 0 atom stereocenters. The molecule has 0 saturated carbocycles. The van der Waals surface area contributed by atoms with Crippen molar-refractivity contribution in [1.29, 1.82) is 0 Å². The van der Waals surface area contributed by atoms with Crippen molar-refractivity contribution in [3.05, 3.63) is 53.6 Å². The van der Waals surface area contributed by atoms with E-state index in [-0.39, 0.29) is 0 Å². The number of allylic oxidation sites excluding steroid dienone is 1. The van der Waals surface area contributed by atoms with Crippen molar-refractivity contribution in [3.63, 3.8) is 0 Å². The van der Waals surface area contributed by atoms with Crippen LogP contribution in [0.1, 0.15) is 15.9 Å². The van der Waals surface area contributed by atoms with E-state index in [1.54, 1.807) is 0 Å². The molecule has 5 nitrogen and oxygen atoms in total. The smallest absolute Gasteiger partial charge is 0.493 e. The van der Waals surface area contributed by atoms with Crippen LogP contribution in [0.4, 0.5) is 26.3 Å². The Morgan fingerprint density at radius 3 is 1.97 bits per heavy atom. The molecule has 0 spiro atoms. The van der Waals surface area contributed by atoms with Crippen LogP contribution in [-0.2, 0) is 0 Å². The number of rotatable bonds is 7. The van der Waals surface area contributed by atoms with E-state index in [0.717, 1.165) is 6.08 Å². The average Bonchev–Trinajstić information content (AvgIpc) is 2.64. The summed E-state index contributed by atoms with van der Waals surface area (Å²) in [5.74, 6) is -2.16. The highest BCUT2D eigenvalue weighted by Gasteiger charge is 2.34. The summed E-state index contributed by atoms with van der Waals surface area (Å²) in [6, 6.07) is 6.21. The van der Waals surface area contributed by atoms with Gasteiger partial charge in [0.05, 0.1) is 19.8 Å². The van der Waals surface area contributed by atoms with Crippen molar-refractivity contribution in [3.8, 4) is 23.0 Å². The quantitative estimate of drug-likeness (QED) is 0.331. The number of hydrogen-bond donors (Lipinski definition) is 0. The van der Waals surface area contributed by atoms with Gasteiger partial charge < -0.3 is 18.9 Å². The summed E-state index contributed by atoms with van der Waals surface area (Å²) in [5.41, 5.74) is -0.354. The molecule has 0 aliphatic carbocycles. The minimum atomic E-state index is -5.16. The van der Waals surface area contributed by atoms with Gasteiger partial charge in [-0.05, 0) is 42.0 Å². The summed E-state index contributed by atoms with van der Waals surface area (Å²) in [6.45, 7) is 0. The molecule has 0 unspecified atom stereocenters. The van der Waals surface area contributed by atoms with Gasteiger partial charge in [0.15, 0.2) is 17.3 Å². The second kappa shape index (κ2) is 8.97. The summed E-state index contributed by atoms with van der Waals surface area (Å²) in [7, 11) is 2.79. The Morgan fingerprint density at radius 1 is 0.800 bits per heavy atom. The molecule has 11 heteroatoms. The number of ether oxygens (including phenoxy) is 4. The minimum Gasteiger partial charge on any atom is -0.493 e. The number of carbonyl (C=O) groups is 1. The minimum absolute atomic E-state index is 0.328. The first-order valence-corrected chi connectivity index (χ1v) is 8.02. The zero-order valence-electron chi connectivity index (χ0n) is 15.4. The predicted octanol–water partition coefficient (Wildman–Crippen LogP) is 5.40. The SMILES string of the molecule is COc1ccc(/C=C/C(=O)c2cc(OC(F)(F)F)ccc2OC(F)(F)F)cc1OC. The molecule has 0 radical (unpaired) electrons. The molecule has 2 aromatic carbocycles. The van der Waals surface area contributed by atoms with E-state index in [1.807, 2.05) is 0 Å². The molecule has 0 aliphatic rings. The Bertz CT molecular complexity index is 934. The van der Waals surface area contributed by atoms with Gasteiger partial charge in [-0.15, -0.1) is 26.3 Å². The number of benzene rings is 2. The van der Waals surface area contributed by atoms with Gasteiger partial charge in [0.1, 0.15) is 11.5 Å². The van der Waals surface area contributed by atoms with Crippen LogP contribution in [0.5, 0.6) is 23.0 Å². The second-order valence-corrected chi connectivity index (χ2v) is 5.57. The van der Waals surface area contributed by atoms with Crippen molar-refractivity contribution in [2.75, 3.05) is 14.2 Å². The zero-order valence-corrected chi connectivity index (χ0v) is 15.4. The van der Waals surface area contributed by atoms with Crippen LogP contribution in [0.15, 0.2) is 42.5 Å². The van der Waals surface area contributed by atoms with E-state index < -0.39 is 35.6 Å². The zero-order chi connectivity index (χ0) is 22.5. The topological polar surface area (TPSA) is 54.0 Å². The highest BCUT2D eigenvalue weighted by molar-refractivity contribution is 6.09. The first kappa shape index (κ1) is 22.9. The van der Waals surface area contributed by atoms with Crippen molar-refractivity contribution in [2.45, 2.75) is 12.7 Å². The first-order chi connectivity index (χ1) is 13.9. The van der Waals surface area contributed by atoms with Gasteiger partial charge in [-0.1, -0.05) is 12.1 Å². The molecule has 0 fully saturated rings. The van der Waals surface area contributed by atoms with Crippen LogP contribution in [-0.4, -0.2) is 32.7 Å². The Balaban J connectivity index is 2.37. The molecule has 0 amide bonds. The largest absolute Gasteiger partial charge is 0.573 e. The highest BCUT2D eigenvalue weighted by atomic mass is 19.4. The van der Waals surface area contributed by atoms with Crippen molar-refractivity contribution in [2.24, 2.45) is 0 Å². The maximum atomic E-state index is 12.6. The lowest BCUT2D eigenvalue weighted by Gasteiger charge is -2.14. The van der Waals surface area contributed by atoms with Crippen molar-refractivity contribution in [1.82, 2.24) is 0 Å². The van der Waals surface area contributed by atoms with E-state index in [4.69, 9.17) is 9.47 Å². The Hall–Kier alpha value is -3.37. The molecular weight excluding hydrogens is 422 g/mol. The summed E-state index contributed by atoms with van der Waals surface area (Å²) in [5, 5.41) is 0. The van der Waals surface area contributed by atoms with Crippen molar-refractivity contribution < 1.29 is 50.1 Å². The Kier molecular flexibility index (Phi) is 6.85. The third kappa shape index (κ3) is 6.61. The fourth-order valence-electron chi connectivity index (χ4n) is 2.33. The number of ketones is 1. The normalized spacial score (nSPS) is 12.0. The molecule has 0 N–H and O–H groups in total. The summed E-state index contributed by atoms with van der Waals surface area (Å²) >= 11 is 0. The van der Waals surface area contributed by atoms with Crippen LogP contribution < -0.4 is 18.9 Å². The molecule has 30 heavy (non-hydrogen) atoms. The average molecular weight is 436 g/mol. The van der Waals surface area contributed by atoms with E-state index in [2.05, 4.69) is 9.47 Å². The van der Waals surface area contributed by atoms with Gasteiger partial charge in [-0.25, -0.2) is 0 Å². The Labute approximate surface area is 166 Å². The lowest BCUT2D eigenvalue weighted by molar-refractivity contribution is -0.277. The van der Waals surface area contributed by atoms with Gasteiger partial charge >= 0.3 is 12.7 Å². The highest BCUT2D eigenvalue weighted by Crippen LogP contribution is 2.33. The molecule has 0 aliphatic heterocycles. The summed E-state index contributed by atoms with van der Waals surface area (Å²) < 4.78 is 92.4. The van der Waals surface area contributed by atoms with Crippen LogP contribution >= 0.6 is 0 Å². The number of halogens is 6. The van der Waals surface area contributed by atoms with Crippen LogP contribution in [0.2, 0.25) is 0 Å². The van der Waals surface area contributed by atoms with Gasteiger partial charge in [-0.3, -0.25) is 4.79 Å². The van der Waals surface area contributed by atoms with E-state index in [9.17, 15) is 31.1 Å². The third-order valence-electron chi connectivity index (χ3n) is 3.51. The standard InChI is InChI=1S/C19H14F6O5/c1-27-16-7-4-11(9-17(16)28-2)3-6-14(26)13-10-12(29-18(20,21)22)5-8-15(13)30-19(23,24)25/h3-10H,1-2H3/b6-3+. The van der Waals surface area contributed by atoms with Gasteiger partial charge in [0.25, 0.3) is 0 Å². The maximum Gasteiger partial charge on any atom is 0.573 e. The number of hydrogen-bond acceptors (Lipinski definition) is 5.